The molecule has 12 rings (SSSR count). The summed E-state index contributed by atoms with van der Waals surface area (Å²) in [4.78, 5) is 2.45. The summed E-state index contributed by atoms with van der Waals surface area (Å²) in [6.07, 6.45) is 0. The van der Waals surface area contributed by atoms with Gasteiger partial charge in [0.15, 0.2) is 0 Å². The normalized spacial score (nSPS) is 11.7. The van der Waals surface area contributed by atoms with Crippen molar-refractivity contribution >= 4 is 92.1 Å². The lowest BCUT2D eigenvalue weighted by molar-refractivity contribution is 0.669. The van der Waals surface area contributed by atoms with Crippen molar-refractivity contribution in [2.75, 3.05) is 4.90 Å². The van der Waals surface area contributed by atoms with Crippen molar-refractivity contribution in [1.29, 1.82) is 0 Å². The highest BCUT2D eigenvalue weighted by atomic mass is 32.1. The Labute approximate surface area is 345 Å². The average molecular weight is 770 g/mol. The van der Waals surface area contributed by atoms with Gasteiger partial charge in [0.1, 0.15) is 11.2 Å². The second kappa shape index (κ2) is 13.6. The van der Waals surface area contributed by atoms with E-state index in [0.717, 1.165) is 55.7 Å². The zero-order chi connectivity index (χ0) is 38.9. The van der Waals surface area contributed by atoms with Crippen LogP contribution in [0.4, 0.5) is 17.1 Å². The zero-order valence-corrected chi connectivity index (χ0v) is 32.8. The van der Waals surface area contributed by atoms with Gasteiger partial charge in [0.05, 0.1) is 5.69 Å². The SMILES string of the molecule is c1ccc(-c2ccc(-c3cc4ccccc4c4ccccc34)cc2N(c2ccc(-c3ccc4c(c3)oc3ccccc34)cc2)c2ccc3sc4ccccc4c3c2)cc1. The smallest absolute Gasteiger partial charge is 0.136 e. The van der Waals surface area contributed by atoms with E-state index in [2.05, 4.69) is 205 Å². The molecule has 0 atom stereocenters. The van der Waals surface area contributed by atoms with E-state index < -0.39 is 0 Å². The lowest BCUT2D eigenvalue weighted by Crippen LogP contribution is -2.11. The molecular formula is C56H35NOS. The van der Waals surface area contributed by atoms with Crippen LogP contribution in [0.5, 0.6) is 0 Å². The van der Waals surface area contributed by atoms with Crippen molar-refractivity contribution in [2.45, 2.75) is 0 Å². The van der Waals surface area contributed by atoms with Gasteiger partial charge in [0.25, 0.3) is 0 Å². The minimum absolute atomic E-state index is 0.899. The maximum absolute atomic E-state index is 6.30. The molecule has 0 saturated heterocycles. The number of para-hydroxylation sites is 1. The summed E-state index contributed by atoms with van der Waals surface area (Å²) in [7, 11) is 0. The van der Waals surface area contributed by atoms with Crippen LogP contribution in [-0.2, 0) is 0 Å². The fourth-order valence-corrected chi connectivity index (χ4v) is 10.1. The Hall–Kier alpha value is -7.46. The Morgan fingerprint density at radius 1 is 0.322 bits per heavy atom. The van der Waals surface area contributed by atoms with Crippen LogP contribution in [0.1, 0.15) is 0 Å². The molecule has 0 amide bonds. The predicted molar refractivity (Wildman–Crippen MR) is 253 cm³/mol. The number of hydrogen-bond acceptors (Lipinski definition) is 3. The molecule has 0 aliphatic heterocycles. The summed E-state index contributed by atoms with van der Waals surface area (Å²) in [5.74, 6) is 0. The predicted octanol–water partition coefficient (Wildman–Crippen LogP) is 16.7. The summed E-state index contributed by atoms with van der Waals surface area (Å²) in [5, 5.41) is 9.83. The minimum atomic E-state index is 0.899. The maximum atomic E-state index is 6.30. The molecule has 0 radical (unpaired) electrons. The van der Waals surface area contributed by atoms with Crippen LogP contribution in [0, 0.1) is 0 Å². The van der Waals surface area contributed by atoms with Crippen LogP contribution in [0.2, 0.25) is 0 Å². The van der Waals surface area contributed by atoms with E-state index in [1.54, 1.807) is 0 Å². The minimum Gasteiger partial charge on any atom is -0.456 e. The molecular weight excluding hydrogens is 735 g/mol. The Balaban J connectivity index is 1.08. The molecule has 0 N–H and O–H groups in total. The van der Waals surface area contributed by atoms with Crippen LogP contribution in [0.15, 0.2) is 217 Å². The molecule has 12 aromatic rings. The van der Waals surface area contributed by atoms with Crippen molar-refractivity contribution in [1.82, 2.24) is 0 Å². The van der Waals surface area contributed by atoms with Crippen LogP contribution < -0.4 is 4.90 Å². The van der Waals surface area contributed by atoms with Crippen LogP contribution in [0.3, 0.4) is 0 Å². The number of hydrogen-bond donors (Lipinski definition) is 0. The van der Waals surface area contributed by atoms with E-state index in [4.69, 9.17) is 4.42 Å². The second-order valence-corrected chi connectivity index (χ2v) is 16.3. The molecule has 10 aromatic carbocycles. The monoisotopic (exact) mass is 769 g/mol. The van der Waals surface area contributed by atoms with Crippen LogP contribution in [-0.4, -0.2) is 0 Å². The van der Waals surface area contributed by atoms with Gasteiger partial charge in [-0.2, -0.15) is 0 Å². The van der Waals surface area contributed by atoms with Crippen molar-refractivity contribution in [3.05, 3.63) is 212 Å². The molecule has 0 aliphatic carbocycles. The molecule has 0 saturated carbocycles. The first kappa shape index (κ1) is 33.7. The first-order valence-corrected chi connectivity index (χ1v) is 20.9. The molecule has 2 heterocycles. The van der Waals surface area contributed by atoms with Gasteiger partial charge in [-0.1, -0.05) is 146 Å². The summed E-state index contributed by atoms with van der Waals surface area (Å²) >= 11 is 1.85. The topological polar surface area (TPSA) is 16.4 Å². The second-order valence-electron chi connectivity index (χ2n) is 15.3. The van der Waals surface area contributed by atoms with Gasteiger partial charge in [0.2, 0.25) is 0 Å². The van der Waals surface area contributed by atoms with E-state index >= 15 is 0 Å². The van der Waals surface area contributed by atoms with Gasteiger partial charge in [-0.25, -0.2) is 0 Å². The van der Waals surface area contributed by atoms with E-state index in [-0.39, 0.29) is 0 Å². The molecule has 0 aliphatic rings. The molecule has 0 unspecified atom stereocenters. The summed E-state index contributed by atoms with van der Waals surface area (Å²) in [5.41, 5.74) is 12.1. The molecule has 0 spiro atoms. The Kier molecular flexibility index (Phi) is 7.75. The number of nitrogens with zero attached hydrogens (tertiary/aromatic N) is 1. The number of anilines is 3. The van der Waals surface area contributed by atoms with Gasteiger partial charge in [-0.3, -0.25) is 0 Å². The molecule has 2 nitrogen and oxygen atoms in total. The lowest BCUT2D eigenvalue weighted by Gasteiger charge is -2.29. The van der Waals surface area contributed by atoms with Gasteiger partial charge in [-0.05, 0) is 116 Å². The lowest BCUT2D eigenvalue weighted by atomic mass is 9.91. The quantitative estimate of drug-likeness (QED) is 0.157. The number of fused-ring (bicyclic) bond motifs is 9. The highest BCUT2D eigenvalue weighted by molar-refractivity contribution is 7.25. The Bertz CT molecular complexity index is 3560. The average Bonchev–Trinajstić information content (AvgIpc) is 3.87. The molecule has 59 heavy (non-hydrogen) atoms. The standard InChI is InChI=1S/C56H35NOS/c1-2-12-37(13-3-1)44-29-25-40(50-32-39-14-4-5-15-43(39)45-16-6-7-17-46(45)50)33-52(44)57(42-28-31-56-51(35-42)49-19-9-11-21-55(49)59-56)41-26-22-36(23-27-41)38-24-30-48-47-18-8-10-20-53(47)58-54(48)34-38/h1-35H. The number of thiophene rings is 1. The summed E-state index contributed by atoms with van der Waals surface area (Å²) in [6, 6.07) is 77.2. The van der Waals surface area contributed by atoms with Crippen molar-refractivity contribution in [3.63, 3.8) is 0 Å². The zero-order valence-electron chi connectivity index (χ0n) is 32.0. The third-order valence-corrected chi connectivity index (χ3v) is 13.0. The molecule has 2 aromatic heterocycles. The maximum Gasteiger partial charge on any atom is 0.136 e. The Morgan fingerprint density at radius 3 is 1.83 bits per heavy atom. The fraction of sp³-hybridized carbons (Fsp3) is 0. The molecule has 276 valence electrons. The van der Waals surface area contributed by atoms with Crippen molar-refractivity contribution in [2.24, 2.45) is 0 Å². The van der Waals surface area contributed by atoms with E-state index in [0.29, 0.717) is 0 Å². The molecule has 0 fully saturated rings. The highest BCUT2D eigenvalue weighted by Crippen LogP contribution is 2.47. The summed E-state index contributed by atoms with van der Waals surface area (Å²) < 4.78 is 8.88. The highest BCUT2D eigenvalue weighted by Gasteiger charge is 2.21. The van der Waals surface area contributed by atoms with Crippen molar-refractivity contribution < 1.29 is 4.42 Å². The fourth-order valence-electron chi connectivity index (χ4n) is 9.03. The molecule has 3 heteroatoms. The number of benzene rings is 10. The largest absolute Gasteiger partial charge is 0.456 e. The number of rotatable bonds is 6. The van der Waals surface area contributed by atoms with Gasteiger partial charge < -0.3 is 9.32 Å². The van der Waals surface area contributed by atoms with Gasteiger partial charge in [0, 0.05) is 47.9 Å². The van der Waals surface area contributed by atoms with Crippen molar-refractivity contribution in [3.8, 4) is 33.4 Å². The van der Waals surface area contributed by atoms with Gasteiger partial charge >= 0.3 is 0 Å². The Morgan fingerprint density at radius 2 is 0.966 bits per heavy atom. The van der Waals surface area contributed by atoms with Crippen LogP contribution in [0.25, 0.3) is 97.0 Å². The van der Waals surface area contributed by atoms with E-state index in [1.807, 2.05) is 23.5 Å². The summed E-state index contributed by atoms with van der Waals surface area (Å²) in [6.45, 7) is 0. The third-order valence-electron chi connectivity index (χ3n) is 11.9. The number of furan rings is 1. The molecule has 0 bridgehead atoms. The van der Waals surface area contributed by atoms with E-state index in [9.17, 15) is 0 Å². The third kappa shape index (κ3) is 5.62. The van der Waals surface area contributed by atoms with E-state index in [1.165, 1.54) is 58.4 Å². The van der Waals surface area contributed by atoms with Crippen LogP contribution >= 0.6 is 11.3 Å². The van der Waals surface area contributed by atoms with Gasteiger partial charge in [-0.15, -0.1) is 11.3 Å². The first-order chi connectivity index (χ1) is 29.2. The first-order valence-electron chi connectivity index (χ1n) is 20.1.